The summed E-state index contributed by atoms with van der Waals surface area (Å²) >= 11 is 0. The topological polar surface area (TPSA) is 41.1 Å². The lowest BCUT2D eigenvalue weighted by Gasteiger charge is -2.33. The van der Waals surface area contributed by atoms with Crippen molar-refractivity contribution >= 4 is 11.5 Å². The number of hydrogen-bond donors (Lipinski definition) is 1. The highest BCUT2D eigenvalue weighted by molar-refractivity contribution is 5.67. The highest BCUT2D eigenvalue weighted by atomic mass is 15.2. The summed E-state index contributed by atoms with van der Waals surface area (Å²) < 4.78 is 0. The first-order valence-electron chi connectivity index (χ1n) is 5.05. The molecule has 0 saturated heterocycles. The number of hydrogen-bond acceptors (Lipinski definition) is 4. The Hall–Kier alpha value is -1.32. The molecule has 4 nitrogen and oxygen atoms in total. The third kappa shape index (κ3) is 1.41. The standard InChI is InChI=1S/C10H16N4/c1-4-9-11-6-8-10(13-9)12-5-7(2)14(8)3/h6-7H,4-5H2,1-3H3,(H,11,12,13). The van der Waals surface area contributed by atoms with Crippen LogP contribution in [0, 0.1) is 0 Å². The minimum Gasteiger partial charge on any atom is -0.366 e. The van der Waals surface area contributed by atoms with Gasteiger partial charge in [-0.25, -0.2) is 9.97 Å². The van der Waals surface area contributed by atoms with Crippen LogP contribution in [0.2, 0.25) is 0 Å². The Kier molecular flexibility index (Phi) is 2.27. The van der Waals surface area contributed by atoms with E-state index in [4.69, 9.17) is 0 Å². The molecule has 0 amide bonds. The molecule has 1 aliphatic heterocycles. The maximum absolute atomic E-state index is 4.45. The first-order chi connectivity index (χ1) is 6.72. The Balaban J connectivity index is 2.38. The van der Waals surface area contributed by atoms with Gasteiger partial charge in [0, 0.05) is 26.1 Å². The molecule has 0 saturated carbocycles. The summed E-state index contributed by atoms with van der Waals surface area (Å²) in [7, 11) is 2.08. The lowest BCUT2D eigenvalue weighted by molar-refractivity contribution is 0.688. The molecule has 0 spiro atoms. The maximum atomic E-state index is 4.45. The fourth-order valence-corrected chi connectivity index (χ4v) is 1.59. The van der Waals surface area contributed by atoms with Gasteiger partial charge in [-0.3, -0.25) is 0 Å². The molecule has 0 aromatic carbocycles. The molecule has 1 atom stereocenters. The van der Waals surface area contributed by atoms with E-state index in [-0.39, 0.29) is 0 Å². The SMILES string of the molecule is CCc1ncc2c(n1)NCC(C)N2C. The zero-order valence-corrected chi connectivity index (χ0v) is 8.91. The van der Waals surface area contributed by atoms with E-state index >= 15 is 0 Å². The average Bonchev–Trinajstić information content (AvgIpc) is 2.23. The number of nitrogens with zero attached hydrogens (tertiary/aromatic N) is 3. The molecule has 1 aromatic heterocycles. The van der Waals surface area contributed by atoms with Gasteiger partial charge in [-0.15, -0.1) is 0 Å². The van der Waals surface area contributed by atoms with Gasteiger partial charge >= 0.3 is 0 Å². The summed E-state index contributed by atoms with van der Waals surface area (Å²) in [6, 6.07) is 0.499. The average molecular weight is 192 g/mol. The van der Waals surface area contributed by atoms with Crippen LogP contribution in [0.25, 0.3) is 0 Å². The molecule has 76 valence electrons. The summed E-state index contributed by atoms with van der Waals surface area (Å²) in [5.74, 6) is 1.87. The smallest absolute Gasteiger partial charge is 0.153 e. The van der Waals surface area contributed by atoms with Gasteiger partial charge in [0.2, 0.25) is 0 Å². The van der Waals surface area contributed by atoms with Crippen LogP contribution >= 0.6 is 0 Å². The lowest BCUT2D eigenvalue weighted by atomic mass is 10.2. The quantitative estimate of drug-likeness (QED) is 0.728. The van der Waals surface area contributed by atoms with E-state index in [0.29, 0.717) is 6.04 Å². The van der Waals surface area contributed by atoms with Crippen molar-refractivity contribution in [1.82, 2.24) is 9.97 Å². The molecule has 2 rings (SSSR count). The van der Waals surface area contributed by atoms with Gasteiger partial charge in [0.25, 0.3) is 0 Å². The van der Waals surface area contributed by atoms with Crippen molar-refractivity contribution in [1.29, 1.82) is 0 Å². The number of fused-ring (bicyclic) bond motifs is 1. The van der Waals surface area contributed by atoms with Gasteiger partial charge in [0.05, 0.1) is 11.9 Å². The molecule has 4 heteroatoms. The molecule has 0 fully saturated rings. The minimum atomic E-state index is 0.499. The molecule has 1 unspecified atom stereocenters. The van der Waals surface area contributed by atoms with Crippen LogP contribution in [0.15, 0.2) is 6.20 Å². The zero-order chi connectivity index (χ0) is 10.1. The number of rotatable bonds is 1. The largest absolute Gasteiger partial charge is 0.366 e. The van der Waals surface area contributed by atoms with E-state index in [9.17, 15) is 0 Å². The highest BCUT2D eigenvalue weighted by Gasteiger charge is 2.20. The Morgan fingerprint density at radius 2 is 2.43 bits per heavy atom. The Labute approximate surface area is 84.4 Å². The van der Waals surface area contributed by atoms with Gasteiger partial charge in [-0.05, 0) is 6.92 Å². The van der Waals surface area contributed by atoms with E-state index in [0.717, 1.165) is 30.3 Å². The van der Waals surface area contributed by atoms with Crippen molar-refractivity contribution in [2.24, 2.45) is 0 Å². The van der Waals surface area contributed by atoms with Crippen molar-refractivity contribution < 1.29 is 0 Å². The second-order valence-corrected chi connectivity index (χ2v) is 3.71. The highest BCUT2D eigenvalue weighted by Crippen LogP contribution is 2.27. The van der Waals surface area contributed by atoms with Crippen molar-refractivity contribution in [3.8, 4) is 0 Å². The van der Waals surface area contributed by atoms with Crippen molar-refractivity contribution in [3.05, 3.63) is 12.0 Å². The van der Waals surface area contributed by atoms with Gasteiger partial charge in [0.1, 0.15) is 5.82 Å². The van der Waals surface area contributed by atoms with E-state index < -0.39 is 0 Å². The second kappa shape index (κ2) is 3.44. The van der Waals surface area contributed by atoms with Crippen LogP contribution in [0.5, 0.6) is 0 Å². The third-order valence-corrected chi connectivity index (χ3v) is 2.74. The fraction of sp³-hybridized carbons (Fsp3) is 0.600. The van der Waals surface area contributed by atoms with Crippen LogP contribution in [0.1, 0.15) is 19.7 Å². The van der Waals surface area contributed by atoms with Gasteiger partial charge in [0.15, 0.2) is 5.82 Å². The first-order valence-corrected chi connectivity index (χ1v) is 5.05. The normalized spacial score (nSPS) is 20.2. The Morgan fingerprint density at radius 1 is 1.64 bits per heavy atom. The van der Waals surface area contributed by atoms with Crippen LogP contribution < -0.4 is 10.2 Å². The summed E-state index contributed by atoms with van der Waals surface area (Å²) in [6.45, 7) is 5.20. The van der Waals surface area contributed by atoms with Crippen LogP contribution in [0.3, 0.4) is 0 Å². The molecule has 1 aromatic rings. The van der Waals surface area contributed by atoms with Crippen LogP contribution in [-0.4, -0.2) is 29.6 Å². The van der Waals surface area contributed by atoms with Crippen LogP contribution in [0.4, 0.5) is 11.5 Å². The lowest BCUT2D eigenvalue weighted by Crippen LogP contribution is -2.39. The molecular formula is C10H16N4. The third-order valence-electron chi connectivity index (χ3n) is 2.74. The van der Waals surface area contributed by atoms with E-state index in [1.165, 1.54) is 0 Å². The van der Waals surface area contributed by atoms with E-state index in [2.05, 4.69) is 41.1 Å². The molecule has 0 radical (unpaired) electrons. The molecule has 14 heavy (non-hydrogen) atoms. The molecular weight excluding hydrogens is 176 g/mol. The number of aromatic nitrogens is 2. The van der Waals surface area contributed by atoms with E-state index in [1.54, 1.807) is 0 Å². The number of nitrogens with one attached hydrogen (secondary N) is 1. The molecule has 1 aliphatic rings. The number of likely N-dealkylation sites (N-methyl/N-ethyl adjacent to an activating group) is 1. The Bertz CT molecular complexity index is 337. The van der Waals surface area contributed by atoms with Gasteiger partial charge in [-0.1, -0.05) is 6.92 Å². The summed E-state index contributed by atoms with van der Waals surface area (Å²) in [5, 5.41) is 3.32. The van der Waals surface area contributed by atoms with E-state index in [1.807, 2.05) is 6.20 Å². The molecule has 2 heterocycles. The van der Waals surface area contributed by atoms with Crippen molar-refractivity contribution in [2.75, 3.05) is 23.8 Å². The predicted molar refractivity (Wildman–Crippen MR) is 57.8 cm³/mol. The van der Waals surface area contributed by atoms with Gasteiger partial charge < -0.3 is 10.2 Å². The molecule has 1 N–H and O–H groups in total. The molecule has 0 bridgehead atoms. The summed E-state index contributed by atoms with van der Waals surface area (Å²) in [5.41, 5.74) is 1.10. The summed E-state index contributed by atoms with van der Waals surface area (Å²) in [6.07, 6.45) is 2.79. The second-order valence-electron chi connectivity index (χ2n) is 3.71. The zero-order valence-electron chi connectivity index (χ0n) is 8.91. The van der Waals surface area contributed by atoms with Gasteiger partial charge in [-0.2, -0.15) is 0 Å². The summed E-state index contributed by atoms with van der Waals surface area (Å²) in [4.78, 5) is 11.0. The van der Waals surface area contributed by atoms with Crippen molar-refractivity contribution in [3.63, 3.8) is 0 Å². The Morgan fingerprint density at radius 3 is 3.14 bits per heavy atom. The monoisotopic (exact) mass is 192 g/mol. The number of anilines is 2. The van der Waals surface area contributed by atoms with Crippen LogP contribution in [-0.2, 0) is 6.42 Å². The molecule has 0 aliphatic carbocycles. The number of aryl methyl sites for hydroxylation is 1. The fourth-order valence-electron chi connectivity index (χ4n) is 1.59. The maximum Gasteiger partial charge on any atom is 0.153 e. The minimum absolute atomic E-state index is 0.499. The predicted octanol–water partition coefficient (Wildman–Crippen LogP) is 1.29. The first kappa shape index (κ1) is 9.24. The van der Waals surface area contributed by atoms with Crippen molar-refractivity contribution in [2.45, 2.75) is 26.3 Å².